The largest absolute Gasteiger partial charge is 0.358 e. The van der Waals surface area contributed by atoms with Gasteiger partial charge in [0.05, 0.1) is 11.6 Å². The summed E-state index contributed by atoms with van der Waals surface area (Å²) in [5, 5.41) is 10.3. The fraction of sp³-hybridized carbons (Fsp3) is 0.318. The number of nitrogens with one attached hydrogen (secondary N) is 1. The topological polar surface area (TPSA) is 42.8 Å². The van der Waals surface area contributed by atoms with Crippen molar-refractivity contribution >= 4 is 10.9 Å². The molecule has 3 heteroatoms. The smallest absolute Gasteiger partial charge is 0.0991 e. The molecule has 0 radical (unpaired) electrons. The summed E-state index contributed by atoms with van der Waals surface area (Å²) in [6, 6.07) is 19.5. The summed E-state index contributed by atoms with van der Waals surface area (Å²) in [4.78, 5) is 6.14. The van der Waals surface area contributed by atoms with Gasteiger partial charge in [0, 0.05) is 35.6 Å². The van der Waals surface area contributed by atoms with Gasteiger partial charge in [0.15, 0.2) is 0 Å². The molecule has 1 N–H and O–H groups in total. The van der Waals surface area contributed by atoms with Gasteiger partial charge in [-0.25, -0.2) is 0 Å². The number of rotatable bonds is 4. The second-order valence-electron chi connectivity index (χ2n) is 7.07. The molecule has 1 aromatic heterocycles. The van der Waals surface area contributed by atoms with Gasteiger partial charge < -0.3 is 9.88 Å². The quantitative estimate of drug-likeness (QED) is 0.751. The molecule has 1 saturated heterocycles. The van der Waals surface area contributed by atoms with Crippen molar-refractivity contribution in [2.75, 3.05) is 13.1 Å². The highest BCUT2D eigenvalue weighted by atomic mass is 15.2. The second kappa shape index (κ2) is 6.74. The highest BCUT2D eigenvalue weighted by Gasteiger charge is 2.19. The van der Waals surface area contributed by atoms with Crippen molar-refractivity contribution in [3.05, 3.63) is 59.8 Å². The number of aromatic amines is 1. The number of likely N-dealkylation sites (tertiary alicyclic amines) is 1. The molecule has 0 bridgehead atoms. The van der Waals surface area contributed by atoms with Crippen LogP contribution in [-0.2, 0) is 6.42 Å². The van der Waals surface area contributed by atoms with Gasteiger partial charge >= 0.3 is 0 Å². The lowest BCUT2D eigenvalue weighted by atomic mass is 10.0. The maximum absolute atomic E-state index is 9.09. The maximum Gasteiger partial charge on any atom is 0.0991 e. The molecule has 0 spiro atoms. The molecule has 0 saturated carbocycles. The Hall–Kier alpha value is -2.57. The Bertz CT molecular complexity index is 932. The number of H-pyrrole nitrogens is 1. The fourth-order valence-electron chi connectivity index (χ4n) is 3.86. The predicted octanol–water partition coefficient (Wildman–Crippen LogP) is 4.73. The number of nitrogens with zero attached hydrogens (tertiary/aromatic N) is 2. The van der Waals surface area contributed by atoms with Crippen molar-refractivity contribution in [1.82, 2.24) is 9.88 Å². The molecular formula is C22H23N3. The minimum Gasteiger partial charge on any atom is -0.358 e. The number of nitriles is 1. The fourth-order valence-corrected chi connectivity index (χ4v) is 3.86. The van der Waals surface area contributed by atoms with Gasteiger partial charge in [0.1, 0.15) is 0 Å². The van der Waals surface area contributed by atoms with E-state index >= 15 is 0 Å². The number of hydrogen-bond acceptors (Lipinski definition) is 2. The SMILES string of the molecule is C[C@@H]1CCCN1CCc1cc2cc(-c3cccc(C#N)c3)ccc2[nH]1. The molecule has 126 valence electrons. The van der Waals surface area contributed by atoms with Crippen molar-refractivity contribution in [2.24, 2.45) is 0 Å². The van der Waals surface area contributed by atoms with Crippen LogP contribution in [0, 0.1) is 11.3 Å². The van der Waals surface area contributed by atoms with E-state index in [0.717, 1.165) is 30.1 Å². The van der Waals surface area contributed by atoms with E-state index in [0.29, 0.717) is 5.56 Å². The van der Waals surface area contributed by atoms with Crippen LogP contribution in [-0.4, -0.2) is 29.0 Å². The van der Waals surface area contributed by atoms with E-state index in [1.165, 1.54) is 36.0 Å². The standard InChI is InChI=1S/C22H23N3/c1-16-4-3-10-25(16)11-9-21-14-20-13-19(7-8-22(20)24-21)18-6-2-5-17(12-18)15-23/h2,5-8,12-14,16,24H,3-4,9-11H2,1H3/t16-/m1/s1. The average molecular weight is 329 g/mol. The molecule has 2 aromatic carbocycles. The van der Waals surface area contributed by atoms with Gasteiger partial charge in [0.25, 0.3) is 0 Å². The zero-order valence-electron chi connectivity index (χ0n) is 14.6. The first-order valence-corrected chi connectivity index (χ1v) is 9.09. The normalized spacial score (nSPS) is 17.8. The summed E-state index contributed by atoms with van der Waals surface area (Å²) in [5.41, 5.74) is 5.44. The molecule has 2 heterocycles. The molecule has 1 fully saturated rings. The van der Waals surface area contributed by atoms with E-state index in [1.54, 1.807) is 0 Å². The van der Waals surface area contributed by atoms with E-state index in [4.69, 9.17) is 5.26 Å². The van der Waals surface area contributed by atoms with Crippen molar-refractivity contribution < 1.29 is 0 Å². The van der Waals surface area contributed by atoms with E-state index in [9.17, 15) is 0 Å². The molecule has 0 amide bonds. The highest BCUT2D eigenvalue weighted by molar-refractivity contribution is 5.86. The van der Waals surface area contributed by atoms with Gasteiger partial charge in [0.2, 0.25) is 0 Å². The van der Waals surface area contributed by atoms with Crippen LogP contribution in [0.25, 0.3) is 22.0 Å². The summed E-state index contributed by atoms with van der Waals surface area (Å²) < 4.78 is 0. The molecule has 0 unspecified atom stereocenters. The highest BCUT2D eigenvalue weighted by Crippen LogP contribution is 2.26. The van der Waals surface area contributed by atoms with E-state index in [2.05, 4.69) is 53.2 Å². The molecule has 0 aliphatic carbocycles. The zero-order chi connectivity index (χ0) is 17.2. The number of benzene rings is 2. The Morgan fingerprint density at radius 2 is 2.04 bits per heavy atom. The maximum atomic E-state index is 9.09. The minimum atomic E-state index is 0.701. The minimum absolute atomic E-state index is 0.701. The van der Waals surface area contributed by atoms with Crippen molar-refractivity contribution in [3.8, 4) is 17.2 Å². The lowest BCUT2D eigenvalue weighted by Gasteiger charge is -2.20. The number of fused-ring (bicyclic) bond motifs is 1. The van der Waals surface area contributed by atoms with Crippen LogP contribution in [0.1, 0.15) is 31.0 Å². The lowest BCUT2D eigenvalue weighted by Crippen LogP contribution is -2.29. The Labute approximate surface area is 148 Å². The average Bonchev–Trinajstić information content (AvgIpc) is 3.24. The van der Waals surface area contributed by atoms with Gasteiger partial charge in [-0.1, -0.05) is 18.2 Å². The summed E-state index contributed by atoms with van der Waals surface area (Å²) in [6.07, 6.45) is 3.73. The molecule has 3 nitrogen and oxygen atoms in total. The van der Waals surface area contributed by atoms with Crippen LogP contribution in [0.2, 0.25) is 0 Å². The molecule has 1 atom stereocenters. The molecule has 1 aliphatic rings. The van der Waals surface area contributed by atoms with Crippen LogP contribution >= 0.6 is 0 Å². The summed E-state index contributed by atoms with van der Waals surface area (Å²) in [5.74, 6) is 0. The van der Waals surface area contributed by atoms with Crippen LogP contribution in [0.15, 0.2) is 48.5 Å². The molecule has 4 rings (SSSR count). The molecule has 1 aliphatic heterocycles. The molecular weight excluding hydrogens is 306 g/mol. The second-order valence-corrected chi connectivity index (χ2v) is 7.07. The van der Waals surface area contributed by atoms with Gasteiger partial charge in [-0.15, -0.1) is 0 Å². The number of hydrogen-bond donors (Lipinski definition) is 1. The Morgan fingerprint density at radius 3 is 2.84 bits per heavy atom. The third kappa shape index (κ3) is 3.31. The third-order valence-corrected chi connectivity index (χ3v) is 5.36. The summed E-state index contributed by atoms with van der Waals surface area (Å²) >= 11 is 0. The van der Waals surface area contributed by atoms with Gasteiger partial charge in [-0.2, -0.15) is 5.26 Å². The van der Waals surface area contributed by atoms with Crippen LogP contribution < -0.4 is 0 Å². The molecule has 25 heavy (non-hydrogen) atoms. The predicted molar refractivity (Wildman–Crippen MR) is 102 cm³/mol. The Kier molecular flexibility index (Phi) is 4.29. The van der Waals surface area contributed by atoms with Crippen molar-refractivity contribution in [2.45, 2.75) is 32.2 Å². The first-order chi connectivity index (χ1) is 12.2. The van der Waals surface area contributed by atoms with Crippen LogP contribution in [0.3, 0.4) is 0 Å². The van der Waals surface area contributed by atoms with Crippen LogP contribution in [0.5, 0.6) is 0 Å². The number of aromatic nitrogens is 1. The van der Waals surface area contributed by atoms with E-state index in [-0.39, 0.29) is 0 Å². The van der Waals surface area contributed by atoms with E-state index in [1.807, 2.05) is 18.2 Å². The van der Waals surface area contributed by atoms with Gasteiger partial charge in [-0.05, 0) is 67.8 Å². The summed E-state index contributed by atoms with van der Waals surface area (Å²) in [6.45, 7) is 4.70. The Morgan fingerprint density at radius 1 is 1.16 bits per heavy atom. The zero-order valence-corrected chi connectivity index (χ0v) is 14.6. The van der Waals surface area contributed by atoms with E-state index < -0.39 is 0 Å². The lowest BCUT2D eigenvalue weighted by molar-refractivity contribution is 0.271. The monoisotopic (exact) mass is 329 g/mol. The third-order valence-electron chi connectivity index (χ3n) is 5.36. The Balaban J connectivity index is 1.55. The molecule has 3 aromatic rings. The van der Waals surface area contributed by atoms with Gasteiger partial charge in [-0.3, -0.25) is 0 Å². The van der Waals surface area contributed by atoms with Crippen molar-refractivity contribution in [1.29, 1.82) is 5.26 Å². The van der Waals surface area contributed by atoms with Crippen LogP contribution in [0.4, 0.5) is 0 Å². The summed E-state index contributed by atoms with van der Waals surface area (Å²) in [7, 11) is 0. The first-order valence-electron chi connectivity index (χ1n) is 9.09. The van der Waals surface area contributed by atoms with Crippen molar-refractivity contribution in [3.63, 3.8) is 0 Å². The first kappa shape index (κ1) is 15.9.